The summed E-state index contributed by atoms with van der Waals surface area (Å²) in [4.78, 5) is 11.9. The van der Waals surface area contributed by atoms with E-state index in [-0.39, 0.29) is 5.97 Å². The Labute approximate surface area is 143 Å². The maximum atomic E-state index is 11.9. The maximum Gasteiger partial charge on any atom is 0.335 e. The lowest BCUT2D eigenvalue weighted by Gasteiger charge is -2.18. The minimum absolute atomic E-state index is 0.334. The third-order valence-electron chi connectivity index (χ3n) is 3.92. The Hall–Kier alpha value is -2.17. The molecular formula is C20H25NO3. The van der Waals surface area contributed by atoms with Gasteiger partial charge in [-0.3, -0.25) is 0 Å². The molecule has 2 rings (SSSR count). The first-order valence-electron chi connectivity index (χ1n) is 8.20. The van der Waals surface area contributed by atoms with E-state index in [1.54, 1.807) is 0 Å². The molecule has 4 heteroatoms. The molecule has 4 nitrogen and oxygen atoms in total. The molecule has 1 unspecified atom stereocenters. The Morgan fingerprint density at radius 1 is 1.08 bits per heavy atom. The van der Waals surface area contributed by atoms with Gasteiger partial charge in [0.25, 0.3) is 0 Å². The molecule has 0 radical (unpaired) electrons. The van der Waals surface area contributed by atoms with Crippen LogP contribution in [0.4, 0.5) is 0 Å². The fraction of sp³-hybridized carbons (Fsp3) is 0.350. The van der Waals surface area contributed by atoms with Gasteiger partial charge >= 0.3 is 5.97 Å². The molecule has 1 atom stereocenters. The van der Waals surface area contributed by atoms with Crippen molar-refractivity contribution in [1.29, 1.82) is 0 Å². The molecule has 0 amide bonds. The van der Waals surface area contributed by atoms with E-state index in [4.69, 9.17) is 9.47 Å². The number of esters is 1. The van der Waals surface area contributed by atoms with Crippen LogP contribution >= 0.6 is 0 Å². The average molecular weight is 327 g/mol. The molecular weight excluding hydrogens is 302 g/mol. The highest BCUT2D eigenvalue weighted by Gasteiger charge is 2.21. The van der Waals surface area contributed by atoms with Crippen LogP contribution in [-0.4, -0.2) is 32.8 Å². The Bertz CT molecular complexity index is 655. The third-order valence-corrected chi connectivity index (χ3v) is 3.92. The zero-order chi connectivity index (χ0) is 17.4. The van der Waals surface area contributed by atoms with Gasteiger partial charge in [0, 0.05) is 19.6 Å². The number of hydrogen-bond donors (Lipinski definition) is 1. The van der Waals surface area contributed by atoms with Crippen LogP contribution in [0.3, 0.4) is 0 Å². The van der Waals surface area contributed by atoms with Crippen LogP contribution in [0.1, 0.15) is 18.1 Å². The largest absolute Gasteiger partial charge is 0.467 e. The van der Waals surface area contributed by atoms with Gasteiger partial charge in [0.2, 0.25) is 0 Å². The summed E-state index contributed by atoms with van der Waals surface area (Å²) in [6.45, 7) is 3.09. The minimum Gasteiger partial charge on any atom is -0.467 e. The van der Waals surface area contributed by atoms with Crippen LogP contribution in [-0.2, 0) is 27.2 Å². The maximum absolute atomic E-state index is 11.9. The van der Waals surface area contributed by atoms with Crippen LogP contribution in [0.5, 0.6) is 0 Å². The Morgan fingerprint density at radius 3 is 2.46 bits per heavy atom. The summed E-state index contributed by atoms with van der Waals surface area (Å²) in [5, 5.41) is 3.19. The summed E-state index contributed by atoms with van der Waals surface area (Å²) >= 11 is 0. The van der Waals surface area contributed by atoms with Gasteiger partial charge in [-0.2, -0.15) is 0 Å². The SMILES string of the molecule is CCOC(Cc1ccc(-c2ccccc2)cc1CNC)C(=O)OC. The molecule has 0 saturated heterocycles. The lowest BCUT2D eigenvalue weighted by atomic mass is 9.96. The zero-order valence-corrected chi connectivity index (χ0v) is 14.5. The number of carbonyl (C=O) groups is 1. The van der Waals surface area contributed by atoms with Gasteiger partial charge in [-0.1, -0.05) is 42.5 Å². The fourth-order valence-corrected chi connectivity index (χ4v) is 2.73. The van der Waals surface area contributed by atoms with E-state index in [1.807, 2.05) is 32.2 Å². The first kappa shape index (κ1) is 18.2. The van der Waals surface area contributed by atoms with Crippen LogP contribution in [0.2, 0.25) is 0 Å². The van der Waals surface area contributed by atoms with Crippen LogP contribution in [0.15, 0.2) is 48.5 Å². The molecule has 2 aromatic carbocycles. The number of methoxy groups -OCH3 is 1. The van der Waals surface area contributed by atoms with Crippen molar-refractivity contribution >= 4 is 5.97 Å². The van der Waals surface area contributed by atoms with E-state index in [1.165, 1.54) is 12.7 Å². The van der Waals surface area contributed by atoms with Crippen molar-refractivity contribution in [3.8, 4) is 11.1 Å². The van der Waals surface area contributed by atoms with Crippen molar-refractivity contribution in [2.24, 2.45) is 0 Å². The molecule has 0 aromatic heterocycles. The van der Waals surface area contributed by atoms with Crippen molar-refractivity contribution < 1.29 is 14.3 Å². The normalized spacial score (nSPS) is 12.0. The smallest absolute Gasteiger partial charge is 0.335 e. The number of carbonyl (C=O) groups excluding carboxylic acids is 1. The minimum atomic E-state index is -0.571. The van der Waals surface area contributed by atoms with Crippen molar-refractivity contribution in [3.05, 3.63) is 59.7 Å². The van der Waals surface area contributed by atoms with Gasteiger partial charge in [-0.05, 0) is 42.3 Å². The summed E-state index contributed by atoms with van der Waals surface area (Å²) in [7, 11) is 3.31. The zero-order valence-electron chi connectivity index (χ0n) is 14.5. The summed E-state index contributed by atoms with van der Waals surface area (Å²) < 4.78 is 10.4. The second-order valence-corrected chi connectivity index (χ2v) is 5.55. The van der Waals surface area contributed by atoms with E-state index >= 15 is 0 Å². The topological polar surface area (TPSA) is 47.6 Å². The number of nitrogens with one attached hydrogen (secondary N) is 1. The molecule has 2 aromatic rings. The summed E-state index contributed by atoms with van der Waals surface area (Å²) in [6, 6.07) is 16.6. The second kappa shape index (κ2) is 9.21. The fourth-order valence-electron chi connectivity index (χ4n) is 2.73. The number of ether oxygens (including phenoxy) is 2. The summed E-state index contributed by atoms with van der Waals surface area (Å²) in [5.74, 6) is -0.334. The predicted molar refractivity (Wildman–Crippen MR) is 95.8 cm³/mol. The van der Waals surface area contributed by atoms with Gasteiger partial charge in [-0.15, -0.1) is 0 Å². The molecule has 0 fully saturated rings. The molecule has 24 heavy (non-hydrogen) atoms. The molecule has 0 aliphatic heterocycles. The van der Waals surface area contributed by atoms with E-state index in [0.29, 0.717) is 13.0 Å². The van der Waals surface area contributed by atoms with Crippen molar-refractivity contribution in [2.45, 2.75) is 26.0 Å². The molecule has 0 bridgehead atoms. The van der Waals surface area contributed by atoms with Crippen molar-refractivity contribution in [1.82, 2.24) is 5.32 Å². The quantitative estimate of drug-likeness (QED) is 0.757. The lowest BCUT2D eigenvalue weighted by molar-refractivity contribution is -0.153. The number of benzene rings is 2. The van der Waals surface area contributed by atoms with Gasteiger partial charge in [0.05, 0.1) is 7.11 Å². The standard InChI is InChI=1S/C20H25NO3/c1-4-24-19(20(22)23-3)13-17-11-10-16(12-18(17)14-21-2)15-8-6-5-7-9-15/h5-12,19,21H,4,13-14H2,1-3H3. The monoisotopic (exact) mass is 327 g/mol. The lowest BCUT2D eigenvalue weighted by Crippen LogP contribution is -2.28. The van der Waals surface area contributed by atoms with Gasteiger partial charge in [-0.25, -0.2) is 4.79 Å². The Morgan fingerprint density at radius 2 is 1.83 bits per heavy atom. The first-order chi connectivity index (χ1) is 11.7. The van der Waals surface area contributed by atoms with E-state index in [9.17, 15) is 4.79 Å². The van der Waals surface area contributed by atoms with Gasteiger partial charge < -0.3 is 14.8 Å². The highest BCUT2D eigenvalue weighted by Crippen LogP contribution is 2.24. The second-order valence-electron chi connectivity index (χ2n) is 5.55. The highest BCUT2D eigenvalue weighted by molar-refractivity contribution is 5.75. The predicted octanol–water partition coefficient (Wildman–Crippen LogP) is 3.19. The average Bonchev–Trinajstić information content (AvgIpc) is 2.63. The van der Waals surface area contributed by atoms with E-state index < -0.39 is 6.10 Å². The Balaban J connectivity index is 2.30. The molecule has 0 heterocycles. The number of hydrogen-bond acceptors (Lipinski definition) is 4. The van der Waals surface area contributed by atoms with Crippen molar-refractivity contribution in [2.75, 3.05) is 20.8 Å². The molecule has 0 saturated carbocycles. The highest BCUT2D eigenvalue weighted by atomic mass is 16.6. The van der Waals surface area contributed by atoms with Gasteiger partial charge in [0.15, 0.2) is 6.10 Å². The molecule has 0 spiro atoms. The molecule has 0 aliphatic rings. The molecule has 128 valence electrons. The van der Waals surface area contributed by atoms with Crippen LogP contribution in [0.25, 0.3) is 11.1 Å². The first-order valence-corrected chi connectivity index (χ1v) is 8.20. The van der Waals surface area contributed by atoms with Gasteiger partial charge in [0.1, 0.15) is 0 Å². The van der Waals surface area contributed by atoms with Crippen LogP contribution < -0.4 is 5.32 Å². The summed E-state index contributed by atoms with van der Waals surface area (Å²) in [5.41, 5.74) is 4.59. The molecule has 1 N–H and O–H groups in total. The number of rotatable bonds is 8. The van der Waals surface area contributed by atoms with Crippen LogP contribution in [0, 0.1) is 0 Å². The Kier molecular flexibility index (Phi) is 6.97. The third kappa shape index (κ3) is 4.66. The van der Waals surface area contributed by atoms with Crippen molar-refractivity contribution in [3.63, 3.8) is 0 Å². The van der Waals surface area contributed by atoms with E-state index in [0.717, 1.165) is 23.2 Å². The molecule has 0 aliphatic carbocycles. The summed E-state index contributed by atoms with van der Waals surface area (Å²) in [6.07, 6.45) is -0.0646. The van der Waals surface area contributed by atoms with E-state index in [2.05, 4.69) is 35.6 Å².